The number of ketones is 1. The number of para-hydroxylation sites is 3. The second-order valence-electron chi connectivity index (χ2n) is 10.2. The highest BCUT2D eigenvalue weighted by Gasteiger charge is 2.41. The van der Waals surface area contributed by atoms with Crippen LogP contribution >= 0.6 is 0 Å². The fourth-order valence-electron chi connectivity index (χ4n) is 5.24. The van der Waals surface area contributed by atoms with Gasteiger partial charge in [0.15, 0.2) is 5.78 Å². The number of nitrogens with zero attached hydrogens (tertiary/aromatic N) is 1. The zero-order chi connectivity index (χ0) is 25.3. The van der Waals surface area contributed by atoms with Gasteiger partial charge in [-0.25, -0.2) is 0 Å². The van der Waals surface area contributed by atoms with Crippen LogP contribution in [0, 0.1) is 5.41 Å². The summed E-state index contributed by atoms with van der Waals surface area (Å²) in [6.45, 7) is 4.33. The van der Waals surface area contributed by atoms with Gasteiger partial charge in [-0.2, -0.15) is 0 Å². The Hall–Kier alpha value is -4.06. The molecule has 2 aliphatic rings. The number of Topliss-reactive ketones (excluding diaryl/α,β-unsaturated/α-hetero) is 1. The summed E-state index contributed by atoms with van der Waals surface area (Å²) in [6, 6.07) is 24.7. The molecule has 0 bridgehead atoms. The van der Waals surface area contributed by atoms with E-state index in [1.807, 2.05) is 83.8 Å². The number of anilines is 3. The van der Waals surface area contributed by atoms with E-state index in [9.17, 15) is 9.59 Å². The van der Waals surface area contributed by atoms with Crippen LogP contribution < -0.4 is 20.3 Å². The number of benzene rings is 3. The first kappa shape index (κ1) is 23.7. The molecule has 3 aromatic carbocycles. The number of nitrogens with one attached hydrogen (secondary N) is 2. The molecule has 0 saturated heterocycles. The number of rotatable bonds is 5. The van der Waals surface area contributed by atoms with E-state index in [2.05, 4.69) is 24.5 Å². The molecule has 0 saturated carbocycles. The van der Waals surface area contributed by atoms with Crippen molar-refractivity contribution in [3.8, 4) is 5.75 Å². The second-order valence-corrected chi connectivity index (χ2v) is 10.2. The highest BCUT2D eigenvalue weighted by molar-refractivity contribution is 6.02. The van der Waals surface area contributed by atoms with Crippen LogP contribution in [0.3, 0.4) is 0 Å². The van der Waals surface area contributed by atoms with Gasteiger partial charge in [-0.05, 0) is 53.8 Å². The molecule has 0 radical (unpaired) electrons. The number of allylic oxidation sites excluding steroid dienone is 1. The van der Waals surface area contributed by atoms with Crippen molar-refractivity contribution in [1.29, 1.82) is 0 Å². The Bertz CT molecular complexity index is 1310. The quantitative estimate of drug-likeness (QED) is 0.471. The number of hydrogen-bond acceptors (Lipinski definition) is 5. The summed E-state index contributed by atoms with van der Waals surface area (Å²) in [4.78, 5) is 29.1. The molecule has 184 valence electrons. The molecule has 1 amide bonds. The number of carbonyl (C=O) groups is 2. The van der Waals surface area contributed by atoms with E-state index >= 15 is 0 Å². The molecule has 0 unspecified atom stereocenters. The predicted octanol–water partition coefficient (Wildman–Crippen LogP) is 5.95. The van der Waals surface area contributed by atoms with Crippen LogP contribution in [-0.2, 0) is 9.59 Å². The minimum absolute atomic E-state index is 0.0811. The number of methoxy groups -OCH3 is 1. The van der Waals surface area contributed by atoms with Gasteiger partial charge in [0.1, 0.15) is 5.75 Å². The first-order chi connectivity index (χ1) is 17.3. The topological polar surface area (TPSA) is 70.7 Å². The molecule has 1 atom stereocenters. The molecule has 2 N–H and O–H groups in total. The Morgan fingerprint density at radius 1 is 1.00 bits per heavy atom. The van der Waals surface area contributed by atoms with Crippen LogP contribution in [0.2, 0.25) is 0 Å². The lowest BCUT2D eigenvalue weighted by atomic mass is 9.73. The van der Waals surface area contributed by atoms with E-state index in [4.69, 9.17) is 4.74 Å². The van der Waals surface area contributed by atoms with Gasteiger partial charge in [-0.1, -0.05) is 56.3 Å². The van der Waals surface area contributed by atoms with E-state index in [0.29, 0.717) is 6.42 Å². The predicted molar refractivity (Wildman–Crippen MR) is 143 cm³/mol. The highest BCUT2D eigenvalue weighted by Crippen LogP contribution is 2.48. The van der Waals surface area contributed by atoms with E-state index in [0.717, 1.165) is 46.1 Å². The molecule has 0 fully saturated rings. The summed E-state index contributed by atoms with van der Waals surface area (Å²) in [5, 5.41) is 6.59. The molecule has 0 aromatic heterocycles. The molecule has 0 spiro atoms. The maximum atomic E-state index is 13.7. The van der Waals surface area contributed by atoms with Crippen molar-refractivity contribution in [3.63, 3.8) is 0 Å². The standard InChI is InChI=1S/C30H31N3O3/c1-30(2)17-24-28(26(34)18-30)29(20-13-15-22(36-3)16-14-20)33(25-12-8-7-11-23(25)32-24)19-27(35)31-21-9-5-4-6-10-21/h4-16,29,32H,17-19H2,1-3H3,(H,31,35)/t29-/m0/s1. The first-order valence-corrected chi connectivity index (χ1v) is 12.2. The molecule has 6 nitrogen and oxygen atoms in total. The van der Waals surface area contributed by atoms with Gasteiger partial charge in [-0.15, -0.1) is 0 Å². The van der Waals surface area contributed by atoms with E-state index in [-0.39, 0.29) is 23.7 Å². The van der Waals surface area contributed by atoms with Crippen molar-refractivity contribution in [2.24, 2.45) is 5.41 Å². The van der Waals surface area contributed by atoms with Crippen molar-refractivity contribution < 1.29 is 14.3 Å². The van der Waals surface area contributed by atoms with Crippen LogP contribution in [0.25, 0.3) is 0 Å². The van der Waals surface area contributed by atoms with E-state index < -0.39 is 6.04 Å². The van der Waals surface area contributed by atoms with Gasteiger partial charge in [0.25, 0.3) is 0 Å². The SMILES string of the molecule is COc1ccc([C@H]2C3=C(CC(C)(C)CC3=O)Nc3ccccc3N2CC(=O)Nc2ccccc2)cc1. The average Bonchev–Trinajstić information content (AvgIpc) is 2.98. The number of carbonyl (C=O) groups excluding carboxylic acids is 2. The monoisotopic (exact) mass is 481 g/mol. The zero-order valence-corrected chi connectivity index (χ0v) is 20.9. The van der Waals surface area contributed by atoms with Gasteiger partial charge in [0, 0.05) is 23.4 Å². The number of amides is 1. The van der Waals surface area contributed by atoms with Crippen LogP contribution in [0.4, 0.5) is 17.1 Å². The van der Waals surface area contributed by atoms with Crippen LogP contribution in [0.1, 0.15) is 38.3 Å². The normalized spacial score (nSPS) is 18.5. The molecule has 1 aliphatic carbocycles. The lowest BCUT2D eigenvalue weighted by Crippen LogP contribution is -2.40. The lowest BCUT2D eigenvalue weighted by Gasteiger charge is -2.38. The maximum absolute atomic E-state index is 13.7. The van der Waals surface area contributed by atoms with Crippen molar-refractivity contribution >= 4 is 28.8 Å². The highest BCUT2D eigenvalue weighted by atomic mass is 16.5. The number of ether oxygens (including phenoxy) is 1. The Labute approximate surface area is 212 Å². The van der Waals surface area contributed by atoms with Crippen molar-refractivity contribution in [1.82, 2.24) is 0 Å². The average molecular weight is 482 g/mol. The van der Waals surface area contributed by atoms with Crippen LogP contribution in [0.15, 0.2) is 90.1 Å². The van der Waals surface area contributed by atoms with Crippen LogP contribution in [0.5, 0.6) is 5.75 Å². The molecular formula is C30H31N3O3. The fraction of sp³-hybridized carbons (Fsp3) is 0.267. The minimum atomic E-state index is -0.424. The summed E-state index contributed by atoms with van der Waals surface area (Å²) < 4.78 is 5.38. The molecule has 1 aliphatic heterocycles. The van der Waals surface area contributed by atoms with Gasteiger partial charge >= 0.3 is 0 Å². The zero-order valence-electron chi connectivity index (χ0n) is 20.9. The maximum Gasteiger partial charge on any atom is 0.243 e. The Morgan fingerprint density at radius 2 is 1.69 bits per heavy atom. The molecule has 5 rings (SSSR count). The summed E-state index contributed by atoms with van der Waals surface area (Å²) in [5.74, 6) is 0.697. The van der Waals surface area contributed by atoms with Crippen molar-refractivity contribution in [2.75, 3.05) is 29.2 Å². The largest absolute Gasteiger partial charge is 0.497 e. The number of hydrogen-bond donors (Lipinski definition) is 2. The van der Waals surface area contributed by atoms with Gasteiger partial charge in [0.2, 0.25) is 5.91 Å². The van der Waals surface area contributed by atoms with Gasteiger partial charge in [-0.3, -0.25) is 9.59 Å². The van der Waals surface area contributed by atoms with Crippen molar-refractivity contribution in [3.05, 3.63) is 95.7 Å². The smallest absolute Gasteiger partial charge is 0.243 e. The minimum Gasteiger partial charge on any atom is -0.497 e. The van der Waals surface area contributed by atoms with Crippen molar-refractivity contribution in [2.45, 2.75) is 32.7 Å². The molecular weight excluding hydrogens is 450 g/mol. The summed E-state index contributed by atoms with van der Waals surface area (Å²) in [6.07, 6.45) is 1.21. The Morgan fingerprint density at radius 3 is 2.42 bits per heavy atom. The summed E-state index contributed by atoms with van der Waals surface area (Å²) in [7, 11) is 1.63. The Balaban J connectivity index is 1.64. The molecule has 3 aromatic rings. The lowest BCUT2D eigenvalue weighted by molar-refractivity contribution is -0.119. The third-order valence-electron chi connectivity index (χ3n) is 6.81. The number of fused-ring (bicyclic) bond motifs is 1. The third-order valence-corrected chi connectivity index (χ3v) is 6.81. The first-order valence-electron chi connectivity index (χ1n) is 12.2. The molecule has 6 heteroatoms. The van der Waals surface area contributed by atoms with Gasteiger partial charge < -0.3 is 20.3 Å². The van der Waals surface area contributed by atoms with E-state index in [1.165, 1.54) is 0 Å². The van der Waals surface area contributed by atoms with E-state index in [1.54, 1.807) is 7.11 Å². The summed E-state index contributed by atoms with van der Waals surface area (Å²) >= 11 is 0. The van der Waals surface area contributed by atoms with Crippen LogP contribution in [-0.4, -0.2) is 25.3 Å². The molecule has 1 heterocycles. The molecule has 36 heavy (non-hydrogen) atoms. The fourth-order valence-corrected chi connectivity index (χ4v) is 5.24. The Kier molecular flexibility index (Phi) is 6.27. The third kappa shape index (κ3) is 4.71. The second kappa shape index (κ2) is 9.53. The van der Waals surface area contributed by atoms with Gasteiger partial charge in [0.05, 0.1) is 31.1 Å². The summed E-state index contributed by atoms with van der Waals surface area (Å²) in [5.41, 5.74) is 4.93.